The molecule has 0 aliphatic carbocycles. The molecule has 1 aromatic heterocycles. The van der Waals surface area contributed by atoms with Crippen molar-refractivity contribution in [3.63, 3.8) is 0 Å². The van der Waals surface area contributed by atoms with E-state index in [0.717, 1.165) is 44.0 Å². The number of anilines is 2. The highest BCUT2D eigenvalue weighted by Gasteiger charge is 2.23. The molecule has 6 nitrogen and oxygen atoms in total. The van der Waals surface area contributed by atoms with E-state index in [2.05, 4.69) is 15.6 Å². The number of nitrogens with zero attached hydrogens (tertiary/aromatic N) is 2. The van der Waals surface area contributed by atoms with E-state index in [-0.39, 0.29) is 6.09 Å². The summed E-state index contributed by atoms with van der Waals surface area (Å²) in [5, 5.41) is 6.71. The largest absolute Gasteiger partial charge is 0.450 e. The Morgan fingerprint density at radius 1 is 1.43 bits per heavy atom. The quantitative estimate of drug-likeness (QED) is 0.873. The molecule has 1 saturated heterocycles. The molecule has 0 aromatic carbocycles. The van der Waals surface area contributed by atoms with Crippen LogP contribution >= 0.6 is 0 Å². The minimum Gasteiger partial charge on any atom is -0.450 e. The number of rotatable bonds is 5. The van der Waals surface area contributed by atoms with Crippen molar-refractivity contribution in [1.29, 1.82) is 0 Å². The molecule has 1 amide bonds. The van der Waals surface area contributed by atoms with Crippen LogP contribution in [0.3, 0.4) is 0 Å². The van der Waals surface area contributed by atoms with E-state index in [4.69, 9.17) is 4.74 Å². The zero-order chi connectivity index (χ0) is 15.1. The third kappa shape index (κ3) is 4.51. The Labute approximate surface area is 125 Å². The molecular weight excluding hydrogens is 268 g/mol. The van der Waals surface area contributed by atoms with Crippen LogP contribution in [0.5, 0.6) is 0 Å². The maximum absolute atomic E-state index is 11.6. The van der Waals surface area contributed by atoms with Crippen molar-refractivity contribution >= 4 is 17.6 Å². The lowest BCUT2D eigenvalue weighted by Gasteiger charge is -2.32. The predicted octanol–water partition coefficient (Wildman–Crippen LogP) is 2.55. The molecule has 1 aliphatic heterocycles. The fraction of sp³-hybridized carbons (Fsp3) is 0.600. The number of piperidine rings is 1. The average molecular weight is 292 g/mol. The summed E-state index contributed by atoms with van der Waals surface area (Å²) < 4.78 is 5.03. The van der Waals surface area contributed by atoms with Gasteiger partial charge in [0.15, 0.2) is 0 Å². The van der Waals surface area contributed by atoms with Gasteiger partial charge in [0.25, 0.3) is 0 Å². The third-order valence-corrected chi connectivity index (χ3v) is 3.51. The lowest BCUT2D eigenvalue weighted by molar-refractivity contribution is 0.0983. The van der Waals surface area contributed by atoms with Crippen molar-refractivity contribution in [2.45, 2.75) is 32.7 Å². The Bertz CT molecular complexity index is 459. The van der Waals surface area contributed by atoms with Crippen LogP contribution in [-0.4, -0.2) is 48.3 Å². The summed E-state index contributed by atoms with van der Waals surface area (Å²) in [6.07, 6.45) is 3.46. The standard InChI is InChI=1S/C15H24N4O2/c1-3-16-14-11-13(5-8-17-14)18-12-6-9-19(10-7-12)15(20)21-4-2/h5,8,11-12H,3-4,6-7,9-10H2,1-2H3,(H2,16,17,18). The second kappa shape index (κ2) is 7.71. The molecule has 0 saturated carbocycles. The molecule has 6 heteroatoms. The zero-order valence-corrected chi connectivity index (χ0v) is 12.8. The number of likely N-dealkylation sites (tertiary alicyclic amines) is 1. The Balaban J connectivity index is 1.83. The molecule has 21 heavy (non-hydrogen) atoms. The number of ether oxygens (including phenoxy) is 1. The molecule has 2 heterocycles. The van der Waals surface area contributed by atoms with Crippen molar-refractivity contribution in [2.24, 2.45) is 0 Å². The number of hydrogen-bond acceptors (Lipinski definition) is 5. The Morgan fingerprint density at radius 3 is 2.86 bits per heavy atom. The Kier molecular flexibility index (Phi) is 5.66. The van der Waals surface area contributed by atoms with Gasteiger partial charge in [0.1, 0.15) is 5.82 Å². The van der Waals surface area contributed by atoms with Gasteiger partial charge in [-0.1, -0.05) is 0 Å². The highest BCUT2D eigenvalue weighted by molar-refractivity contribution is 5.67. The summed E-state index contributed by atoms with van der Waals surface area (Å²) in [5.74, 6) is 0.881. The molecule has 116 valence electrons. The van der Waals surface area contributed by atoms with Crippen molar-refractivity contribution < 1.29 is 9.53 Å². The SMILES string of the molecule is CCNc1cc(NC2CCN(C(=O)OCC)CC2)ccn1. The maximum atomic E-state index is 11.6. The number of nitrogens with one attached hydrogen (secondary N) is 2. The van der Waals surface area contributed by atoms with Crippen molar-refractivity contribution in [3.8, 4) is 0 Å². The predicted molar refractivity (Wildman–Crippen MR) is 83.6 cm³/mol. The van der Waals surface area contributed by atoms with Crippen LogP contribution in [0.4, 0.5) is 16.3 Å². The second-order valence-electron chi connectivity index (χ2n) is 5.06. The van der Waals surface area contributed by atoms with Crippen LogP contribution in [0.2, 0.25) is 0 Å². The van der Waals surface area contributed by atoms with Gasteiger partial charge in [0, 0.05) is 43.6 Å². The highest BCUT2D eigenvalue weighted by Crippen LogP contribution is 2.18. The van der Waals surface area contributed by atoms with E-state index >= 15 is 0 Å². The third-order valence-electron chi connectivity index (χ3n) is 3.51. The average Bonchev–Trinajstić information content (AvgIpc) is 2.49. The van der Waals surface area contributed by atoms with Crippen LogP contribution < -0.4 is 10.6 Å². The lowest BCUT2D eigenvalue weighted by Crippen LogP contribution is -2.42. The van der Waals surface area contributed by atoms with Crippen LogP contribution in [-0.2, 0) is 4.74 Å². The fourth-order valence-corrected chi connectivity index (χ4v) is 2.45. The van der Waals surface area contributed by atoms with Gasteiger partial charge < -0.3 is 20.3 Å². The van der Waals surface area contributed by atoms with E-state index in [1.807, 2.05) is 26.0 Å². The first-order chi connectivity index (χ1) is 10.2. The lowest BCUT2D eigenvalue weighted by atomic mass is 10.1. The van der Waals surface area contributed by atoms with Crippen molar-refractivity contribution in [2.75, 3.05) is 36.9 Å². The zero-order valence-electron chi connectivity index (χ0n) is 12.8. The van der Waals surface area contributed by atoms with E-state index in [1.165, 1.54) is 0 Å². The smallest absolute Gasteiger partial charge is 0.409 e. The first-order valence-corrected chi connectivity index (χ1v) is 7.61. The van der Waals surface area contributed by atoms with Gasteiger partial charge in [-0.2, -0.15) is 0 Å². The van der Waals surface area contributed by atoms with Crippen LogP contribution in [0.15, 0.2) is 18.3 Å². The summed E-state index contributed by atoms with van der Waals surface area (Å²) in [6.45, 7) is 6.64. The van der Waals surface area contributed by atoms with Gasteiger partial charge in [-0.25, -0.2) is 9.78 Å². The van der Waals surface area contributed by atoms with E-state index in [9.17, 15) is 4.79 Å². The molecule has 0 bridgehead atoms. The van der Waals surface area contributed by atoms with Gasteiger partial charge >= 0.3 is 6.09 Å². The molecule has 1 aromatic rings. The van der Waals surface area contributed by atoms with Gasteiger partial charge in [0.05, 0.1) is 6.61 Å². The highest BCUT2D eigenvalue weighted by atomic mass is 16.6. The summed E-state index contributed by atoms with van der Waals surface area (Å²) in [6, 6.07) is 4.37. The van der Waals surface area contributed by atoms with E-state index in [1.54, 1.807) is 11.1 Å². The number of pyridine rings is 1. The Morgan fingerprint density at radius 2 is 2.19 bits per heavy atom. The first-order valence-electron chi connectivity index (χ1n) is 7.61. The van der Waals surface area contributed by atoms with Gasteiger partial charge in [0.2, 0.25) is 0 Å². The second-order valence-corrected chi connectivity index (χ2v) is 5.06. The van der Waals surface area contributed by atoms with Crippen LogP contribution in [0.1, 0.15) is 26.7 Å². The summed E-state index contributed by atoms with van der Waals surface area (Å²) >= 11 is 0. The monoisotopic (exact) mass is 292 g/mol. The van der Waals surface area contributed by atoms with Gasteiger partial charge in [-0.3, -0.25) is 0 Å². The first kappa shape index (κ1) is 15.4. The van der Waals surface area contributed by atoms with Gasteiger partial charge in [-0.05, 0) is 32.8 Å². The molecule has 2 rings (SSSR count). The maximum Gasteiger partial charge on any atom is 0.409 e. The Hall–Kier alpha value is -1.98. The molecule has 2 N–H and O–H groups in total. The van der Waals surface area contributed by atoms with E-state index < -0.39 is 0 Å². The molecular formula is C15H24N4O2. The summed E-state index contributed by atoms with van der Waals surface area (Å²) in [7, 11) is 0. The molecule has 1 aliphatic rings. The number of hydrogen-bond donors (Lipinski definition) is 2. The number of carbonyl (C=O) groups is 1. The minimum absolute atomic E-state index is 0.200. The number of amides is 1. The van der Waals surface area contributed by atoms with Gasteiger partial charge in [-0.15, -0.1) is 0 Å². The summed E-state index contributed by atoms with van der Waals surface area (Å²) in [4.78, 5) is 17.7. The molecule has 0 unspecified atom stereocenters. The number of carbonyl (C=O) groups excluding carboxylic acids is 1. The number of aromatic nitrogens is 1. The molecule has 0 radical (unpaired) electrons. The minimum atomic E-state index is -0.200. The molecule has 0 atom stereocenters. The molecule has 1 fully saturated rings. The van der Waals surface area contributed by atoms with Crippen molar-refractivity contribution in [1.82, 2.24) is 9.88 Å². The van der Waals surface area contributed by atoms with Crippen LogP contribution in [0, 0.1) is 0 Å². The topological polar surface area (TPSA) is 66.5 Å². The van der Waals surface area contributed by atoms with Crippen molar-refractivity contribution in [3.05, 3.63) is 18.3 Å². The molecule has 0 spiro atoms. The van der Waals surface area contributed by atoms with E-state index in [0.29, 0.717) is 12.6 Å². The summed E-state index contributed by atoms with van der Waals surface area (Å²) in [5.41, 5.74) is 1.07. The fourth-order valence-electron chi connectivity index (χ4n) is 2.45. The van der Waals surface area contributed by atoms with Crippen LogP contribution in [0.25, 0.3) is 0 Å². The normalized spacial score (nSPS) is 15.6.